The van der Waals surface area contributed by atoms with Crippen LogP contribution in [-0.2, 0) is 6.42 Å². The van der Waals surface area contributed by atoms with Crippen molar-refractivity contribution in [2.45, 2.75) is 19.8 Å². The Labute approximate surface area is 130 Å². The average Bonchev–Trinajstić information content (AvgIpc) is 2.53. The van der Waals surface area contributed by atoms with Crippen molar-refractivity contribution in [3.05, 3.63) is 65.0 Å². The lowest BCUT2D eigenvalue weighted by molar-refractivity contribution is 0.386. The molecule has 0 aliphatic heterocycles. The highest BCUT2D eigenvalue weighted by molar-refractivity contribution is 5.82. The predicted molar refractivity (Wildman–Crippen MR) is 88.6 cm³/mol. The van der Waals surface area contributed by atoms with Gasteiger partial charge in [-0.15, -0.1) is 0 Å². The first-order valence-corrected chi connectivity index (χ1v) is 7.22. The van der Waals surface area contributed by atoms with Crippen LogP contribution in [0.5, 0.6) is 5.75 Å². The van der Waals surface area contributed by atoms with Gasteiger partial charge in [0.15, 0.2) is 11.6 Å². The zero-order valence-electron chi connectivity index (χ0n) is 12.8. The van der Waals surface area contributed by atoms with Crippen LogP contribution in [0, 0.1) is 5.82 Å². The van der Waals surface area contributed by atoms with Crippen LogP contribution in [0.4, 0.5) is 4.39 Å². The molecule has 22 heavy (non-hydrogen) atoms. The lowest BCUT2D eigenvalue weighted by atomic mass is 10.1. The van der Waals surface area contributed by atoms with Crippen molar-refractivity contribution in [2.75, 3.05) is 7.11 Å². The molecule has 2 aromatic carbocycles. The zero-order chi connectivity index (χ0) is 15.8. The Morgan fingerprint density at radius 2 is 1.64 bits per heavy atom. The van der Waals surface area contributed by atoms with E-state index in [4.69, 9.17) is 4.74 Å². The second-order valence-electron chi connectivity index (χ2n) is 4.87. The van der Waals surface area contributed by atoms with E-state index in [-0.39, 0.29) is 5.75 Å². The van der Waals surface area contributed by atoms with Crippen LogP contribution in [0.3, 0.4) is 0 Å². The molecular formula is C18H19FN2O. The van der Waals surface area contributed by atoms with Crippen molar-refractivity contribution in [1.29, 1.82) is 0 Å². The molecule has 0 atom stereocenters. The fourth-order valence-electron chi connectivity index (χ4n) is 2.02. The van der Waals surface area contributed by atoms with Gasteiger partial charge in [-0.25, -0.2) is 4.39 Å². The number of halogens is 1. The first-order chi connectivity index (χ1) is 10.7. The van der Waals surface area contributed by atoms with Crippen LogP contribution >= 0.6 is 0 Å². The maximum Gasteiger partial charge on any atom is 0.165 e. The number of rotatable bonds is 6. The normalized spacial score (nSPS) is 11.4. The van der Waals surface area contributed by atoms with Gasteiger partial charge in [0.25, 0.3) is 0 Å². The van der Waals surface area contributed by atoms with E-state index in [1.165, 1.54) is 25.0 Å². The second kappa shape index (κ2) is 8.08. The minimum atomic E-state index is -0.415. The van der Waals surface area contributed by atoms with Gasteiger partial charge in [-0.05, 0) is 41.3 Å². The van der Waals surface area contributed by atoms with E-state index in [1.54, 1.807) is 18.3 Å². The standard InChI is InChI=1S/C18H19FN2O/c1-3-4-14-5-7-15(8-6-14)12-20-21-13-16-9-10-18(22-2)17(19)11-16/h5-13H,3-4H2,1-2H3/b20-12+,21-13+. The largest absolute Gasteiger partial charge is 0.494 e. The van der Waals surface area contributed by atoms with Crippen LogP contribution in [-0.4, -0.2) is 19.5 Å². The zero-order valence-corrected chi connectivity index (χ0v) is 12.8. The summed E-state index contributed by atoms with van der Waals surface area (Å²) in [5.74, 6) is -0.199. The molecule has 0 heterocycles. The molecule has 4 heteroatoms. The lowest BCUT2D eigenvalue weighted by Gasteiger charge is -2.01. The summed E-state index contributed by atoms with van der Waals surface area (Å²) in [5.41, 5.74) is 2.93. The molecule has 114 valence electrons. The van der Waals surface area contributed by atoms with E-state index in [0.29, 0.717) is 5.56 Å². The minimum absolute atomic E-state index is 0.216. The molecule has 2 rings (SSSR count). The molecule has 0 radical (unpaired) electrons. The van der Waals surface area contributed by atoms with Crippen LogP contribution < -0.4 is 4.74 Å². The lowest BCUT2D eigenvalue weighted by Crippen LogP contribution is -1.90. The van der Waals surface area contributed by atoms with E-state index in [9.17, 15) is 4.39 Å². The highest BCUT2D eigenvalue weighted by Gasteiger charge is 2.01. The Morgan fingerprint density at radius 3 is 2.23 bits per heavy atom. The van der Waals surface area contributed by atoms with Crippen molar-refractivity contribution >= 4 is 12.4 Å². The van der Waals surface area contributed by atoms with Crippen molar-refractivity contribution in [2.24, 2.45) is 10.2 Å². The number of hydrogen-bond acceptors (Lipinski definition) is 3. The summed E-state index contributed by atoms with van der Waals surface area (Å²) in [4.78, 5) is 0. The molecule has 0 amide bonds. The first-order valence-electron chi connectivity index (χ1n) is 7.22. The van der Waals surface area contributed by atoms with Crippen LogP contribution in [0.2, 0.25) is 0 Å². The highest BCUT2D eigenvalue weighted by Crippen LogP contribution is 2.16. The summed E-state index contributed by atoms with van der Waals surface area (Å²) in [6, 6.07) is 12.8. The Bertz CT molecular complexity index is 663. The Kier molecular flexibility index (Phi) is 5.83. The van der Waals surface area contributed by atoms with Crippen molar-refractivity contribution < 1.29 is 9.13 Å². The van der Waals surface area contributed by atoms with Crippen LogP contribution in [0.1, 0.15) is 30.0 Å². The molecule has 0 spiro atoms. The third kappa shape index (κ3) is 4.52. The van der Waals surface area contributed by atoms with E-state index < -0.39 is 5.82 Å². The quantitative estimate of drug-likeness (QED) is 0.580. The number of ether oxygens (including phenoxy) is 1. The Morgan fingerprint density at radius 1 is 1.00 bits per heavy atom. The summed E-state index contributed by atoms with van der Waals surface area (Å²) in [6.45, 7) is 2.16. The van der Waals surface area contributed by atoms with Crippen molar-refractivity contribution in [1.82, 2.24) is 0 Å². The van der Waals surface area contributed by atoms with Gasteiger partial charge in [0.2, 0.25) is 0 Å². The highest BCUT2D eigenvalue weighted by atomic mass is 19.1. The van der Waals surface area contributed by atoms with E-state index in [2.05, 4.69) is 29.3 Å². The molecule has 3 nitrogen and oxygen atoms in total. The second-order valence-corrected chi connectivity index (χ2v) is 4.87. The monoisotopic (exact) mass is 298 g/mol. The molecule has 0 aliphatic rings. The molecule has 0 aliphatic carbocycles. The fraction of sp³-hybridized carbons (Fsp3) is 0.222. The predicted octanol–water partition coefficient (Wildman–Crippen LogP) is 4.24. The number of nitrogens with zero attached hydrogens (tertiary/aromatic N) is 2. The molecule has 0 N–H and O–H groups in total. The van der Waals surface area contributed by atoms with Gasteiger partial charge in [0, 0.05) is 0 Å². The average molecular weight is 298 g/mol. The van der Waals surface area contributed by atoms with E-state index in [0.717, 1.165) is 18.4 Å². The maximum atomic E-state index is 13.5. The summed E-state index contributed by atoms with van der Waals surface area (Å²) < 4.78 is 18.4. The molecule has 0 aromatic heterocycles. The maximum absolute atomic E-state index is 13.5. The smallest absolute Gasteiger partial charge is 0.165 e. The van der Waals surface area contributed by atoms with Crippen LogP contribution in [0.15, 0.2) is 52.7 Å². The van der Waals surface area contributed by atoms with Gasteiger partial charge in [-0.2, -0.15) is 10.2 Å². The molecule has 2 aromatic rings. The Balaban J connectivity index is 1.97. The summed E-state index contributed by atoms with van der Waals surface area (Å²) >= 11 is 0. The first kappa shape index (κ1) is 15.9. The SMILES string of the molecule is CCCc1ccc(/C=N/N=C/c2ccc(OC)c(F)c2)cc1. The number of aryl methyl sites for hydroxylation is 1. The molecular weight excluding hydrogens is 279 g/mol. The number of hydrogen-bond donors (Lipinski definition) is 0. The summed E-state index contributed by atoms with van der Waals surface area (Å²) in [7, 11) is 1.43. The molecule has 0 unspecified atom stereocenters. The van der Waals surface area contributed by atoms with Gasteiger partial charge in [0.1, 0.15) is 0 Å². The van der Waals surface area contributed by atoms with Gasteiger partial charge in [0.05, 0.1) is 19.5 Å². The van der Waals surface area contributed by atoms with E-state index in [1.807, 2.05) is 12.1 Å². The van der Waals surface area contributed by atoms with Gasteiger partial charge >= 0.3 is 0 Å². The third-order valence-electron chi connectivity index (χ3n) is 3.17. The van der Waals surface area contributed by atoms with E-state index >= 15 is 0 Å². The topological polar surface area (TPSA) is 34.0 Å². The number of benzene rings is 2. The van der Waals surface area contributed by atoms with Crippen molar-refractivity contribution in [3.63, 3.8) is 0 Å². The fourth-order valence-corrected chi connectivity index (χ4v) is 2.02. The molecule has 0 saturated carbocycles. The van der Waals surface area contributed by atoms with Crippen molar-refractivity contribution in [3.8, 4) is 5.75 Å². The summed E-state index contributed by atoms with van der Waals surface area (Å²) in [5, 5.41) is 7.90. The molecule has 0 bridgehead atoms. The van der Waals surface area contributed by atoms with Crippen LogP contribution in [0.25, 0.3) is 0 Å². The molecule has 0 saturated heterocycles. The minimum Gasteiger partial charge on any atom is -0.494 e. The van der Waals surface area contributed by atoms with Gasteiger partial charge in [-0.3, -0.25) is 0 Å². The molecule has 0 fully saturated rings. The van der Waals surface area contributed by atoms with Gasteiger partial charge < -0.3 is 4.74 Å². The Hall–Kier alpha value is -2.49. The van der Waals surface area contributed by atoms with Gasteiger partial charge in [-0.1, -0.05) is 37.6 Å². The summed E-state index contributed by atoms with van der Waals surface area (Å²) in [6.07, 6.45) is 5.39. The third-order valence-corrected chi connectivity index (χ3v) is 3.17. The number of methoxy groups -OCH3 is 1.